The van der Waals surface area contributed by atoms with E-state index in [9.17, 15) is 4.39 Å². The van der Waals surface area contributed by atoms with Crippen molar-refractivity contribution in [2.45, 2.75) is 32.7 Å². The average Bonchev–Trinajstić information content (AvgIpc) is 2.29. The number of nitrogens with zero attached hydrogens (tertiary/aromatic N) is 1. The Hall–Kier alpha value is -1.58. The minimum absolute atomic E-state index is 0.182. The Bertz CT molecular complexity index is 359. The van der Waals surface area contributed by atoms with Crippen molar-refractivity contribution >= 4 is 5.96 Å². The highest BCUT2D eigenvalue weighted by Crippen LogP contribution is 2.05. The van der Waals surface area contributed by atoms with Gasteiger partial charge in [-0.2, -0.15) is 0 Å². The summed E-state index contributed by atoms with van der Waals surface area (Å²) in [4.78, 5) is 4.16. The molecular weight excluding hydrogens is 217 g/mol. The molecular formula is C13H20FN3. The van der Waals surface area contributed by atoms with Crippen molar-refractivity contribution in [1.82, 2.24) is 5.32 Å². The highest BCUT2D eigenvalue weighted by atomic mass is 19.1. The largest absolute Gasteiger partial charge is 0.370 e. The molecule has 17 heavy (non-hydrogen) atoms. The third kappa shape index (κ3) is 5.33. The molecule has 0 aliphatic heterocycles. The summed E-state index contributed by atoms with van der Waals surface area (Å²) in [6.07, 6.45) is 1.78. The molecule has 1 aromatic rings. The molecule has 0 amide bonds. The minimum Gasteiger partial charge on any atom is -0.370 e. The molecule has 0 aliphatic rings. The Morgan fingerprint density at radius 2 is 2.06 bits per heavy atom. The number of rotatable bonds is 5. The molecule has 0 aliphatic carbocycles. The average molecular weight is 237 g/mol. The van der Waals surface area contributed by atoms with Gasteiger partial charge in [0.2, 0.25) is 0 Å². The molecule has 0 spiro atoms. The Kier molecular flexibility index (Phi) is 5.46. The second kappa shape index (κ2) is 6.89. The molecule has 1 rings (SSSR count). The summed E-state index contributed by atoms with van der Waals surface area (Å²) in [5.41, 5.74) is 6.80. The van der Waals surface area contributed by atoms with Gasteiger partial charge in [0.25, 0.3) is 0 Å². The number of aliphatic imine (C=N–C) groups is 1. The van der Waals surface area contributed by atoms with Crippen molar-refractivity contribution in [3.8, 4) is 0 Å². The predicted molar refractivity (Wildman–Crippen MR) is 69.5 cm³/mol. The first-order valence-corrected chi connectivity index (χ1v) is 5.92. The van der Waals surface area contributed by atoms with E-state index in [0.717, 1.165) is 24.9 Å². The zero-order chi connectivity index (χ0) is 12.7. The van der Waals surface area contributed by atoms with Gasteiger partial charge in [-0.1, -0.05) is 19.1 Å². The zero-order valence-electron chi connectivity index (χ0n) is 10.4. The molecule has 3 N–H and O–H groups in total. The molecule has 0 fully saturated rings. The standard InChI is InChI=1S/C13H20FN3/c1-3-8-16-13(15)17-10(2)9-11-4-6-12(14)7-5-11/h4-7,10H,3,8-9H2,1-2H3,(H3,15,16,17). The van der Waals surface area contributed by atoms with E-state index in [2.05, 4.69) is 17.2 Å². The van der Waals surface area contributed by atoms with Crippen LogP contribution in [-0.4, -0.2) is 18.5 Å². The third-order valence-corrected chi connectivity index (χ3v) is 2.36. The maximum Gasteiger partial charge on any atom is 0.188 e. The quantitative estimate of drug-likeness (QED) is 0.608. The molecule has 1 unspecified atom stereocenters. The van der Waals surface area contributed by atoms with E-state index in [1.807, 2.05) is 6.92 Å². The lowest BCUT2D eigenvalue weighted by molar-refractivity contribution is 0.622. The van der Waals surface area contributed by atoms with E-state index in [1.54, 1.807) is 12.1 Å². The van der Waals surface area contributed by atoms with Crippen LogP contribution < -0.4 is 11.1 Å². The van der Waals surface area contributed by atoms with Crippen LogP contribution in [0.15, 0.2) is 29.3 Å². The molecule has 94 valence electrons. The van der Waals surface area contributed by atoms with E-state index < -0.39 is 0 Å². The summed E-state index contributed by atoms with van der Waals surface area (Å²) in [6, 6.07) is 6.69. The lowest BCUT2D eigenvalue weighted by Crippen LogP contribution is -2.39. The summed E-state index contributed by atoms with van der Waals surface area (Å²) < 4.78 is 12.7. The molecule has 3 nitrogen and oxygen atoms in total. The third-order valence-electron chi connectivity index (χ3n) is 2.36. The maximum atomic E-state index is 12.7. The van der Waals surface area contributed by atoms with Crippen molar-refractivity contribution in [2.24, 2.45) is 10.7 Å². The van der Waals surface area contributed by atoms with E-state index in [4.69, 9.17) is 5.73 Å². The Morgan fingerprint density at radius 1 is 1.41 bits per heavy atom. The number of guanidine groups is 1. The van der Waals surface area contributed by atoms with Gasteiger partial charge in [0, 0.05) is 12.6 Å². The number of benzene rings is 1. The fraction of sp³-hybridized carbons (Fsp3) is 0.462. The van der Waals surface area contributed by atoms with Crippen LogP contribution in [0, 0.1) is 5.82 Å². The van der Waals surface area contributed by atoms with Crippen LogP contribution in [0.25, 0.3) is 0 Å². The van der Waals surface area contributed by atoms with Crippen LogP contribution in [0.4, 0.5) is 4.39 Å². The molecule has 0 radical (unpaired) electrons. The Labute approximate surface area is 102 Å². The summed E-state index contributed by atoms with van der Waals surface area (Å²) in [5, 5.41) is 3.11. The second-order valence-corrected chi connectivity index (χ2v) is 4.14. The molecule has 0 bridgehead atoms. The topological polar surface area (TPSA) is 50.4 Å². The summed E-state index contributed by atoms with van der Waals surface area (Å²) in [5.74, 6) is 0.264. The zero-order valence-corrected chi connectivity index (χ0v) is 10.4. The van der Waals surface area contributed by atoms with Crippen LogP contribution in [0.3, 0.4) is 0 Å². The first kappa shape index (κ1) is 13.5. The van der Waals surface area contributed by atoms with Gasteiger partial charge in [-0.3, -0.25) is 4.99 Å². The molecule has 0 heterocycles. The van der Waals surface area contributed by atoms with E-state index >= 15 is 0 Å². The van der Waals surface area contributed by atoms with Crippen LogP contribution in [0.2, 0.25) is 0 Å². The molecule has 4 heteroatoms. The number of hydrogen-bond acceptors (Lipinski definition) is 1. The second-order valence-electron chi connectivity index (χ2n) is 4.14. The number of hydrogen-bond donors (Lipinski definition) is 2. The van der Waals surface area contributed by atoms with Crippen molar-refractivity contribution in [1.29, 1.82) is 0 Å². The SMILES string of the molecule is CCCN=C(N)NC(C)Cc1ccc(F)cc1. The predicted octanol–water partition coefficient (Wildman–Crippen LogP) is 2.07. The van der Waals surface area contributed by atoms with E-state index in [0.29, 0.717) is 5.96 Å². The Morgan fingerprint density at radius 3 is 2.65 bits per heavy atom. The van der Waals surface area contributed by atoms with Gasteiger partial charge in [-0.15, -0.1) is 0 Å². The van der Waals surface area contributed by atoms with E-state index in [1.165, 1.54) is 12.1 Å². The first-order chi connectivity index (χ1) is 8.11. The van der Waals surface area contributed by atoms with Crippen molar-refractivity contribution in [3.63, 3.8) is 0 Å². The molecule has 1 aromatic carbocycles. The smallest absolute Gasteiger partial charge is 0.188 e. The first-order valence-electron chi connectivity index (χ1n) is 5.92. The number of nitrogens with one attached hydrogen (secondary N) is 1. The van der Waals surface area contributed by atoms with Crippen molar-refractivity contribution in [3.05, 3.63) is 35.6 Å². The minimum atomic E-state index is -0.210. The van der Waals surface area contributed by atoms with Gasteiger partial charge in [-0.25, -0.2) is 4.39 Å². The maximum absolute atomic E-state index is 12.7. The number of halogens is 1. The lowest BCUT2D eigenvalue weighted by Gasteiger charge is -2.14. The fourth-order valence-electron chi connectivity index (χ4n) is 1.56. The van der Waals surface area contributed by atoms with Crippen LogP contribution in [0.5, 0.6) is 0 Å². The van der Waals surface area contributed by atoms with Crippen LogP contribution in [0.1, 0.15) is 25.8 Å². The van der Waals surface area contributed by atoms with Crippen molar-refractivity contribution in [2.75, 3.05) is 6.54 Å². The Balaban J connectivity index is 2.44. The lowest BCUT2D eigenvalue weighted by atomic mass is 10.1. The highest BCUT2D eigenvalue weighted by Gasteiger charge is 2.04. The van der Waals surface area contributed by atoms with Gasteiger partial charge < -0.3 is 11.1 Å². The fourth-order valence-corrected chi connectivity index (χ4v) is 1.56. The van der Waals surface area contributed by atoms with Gasteiger partial charge in [-0.05, 0) is 37.5 Å². The normalized spacial score (nSPS) is 13.5. The van der Waals surface area contributed by atoms with Crippen LogP contribution >= 0.6 is 0 Å². The van der Waals surface area contributed by atoms with E-state index in [-0.39, 0.29) is 11.9 Å². The summed E-state index contributed by atoms with van der Waals surface area (Å²) in [7, 11) is 0. The summed E-state index contributed by atoms with van der Waals surface area (Å²) in [6.45, 7) is 4.82. The molecule has 0 saturated carbocycles. The van der Waals surface area contributed by atoms with Gasteiger partial charge in [0.15, 0.2) is 5.96 Å². The van der Waals surface area contributed by atoms with Gasteiger partial charge in [0.05, 0.1) is 0 Å². The molecule has 0 saturated heterocycles. The molecule has 1 atom stereocenters. The highest BCUT2D eigenvalue weighted by molar-refractivity contribution is 5.78. The molecule has 0 aromatic heterocycles. The monoisotopic (exact) mass is 237 g/mol. The van der Waals surface area contributed by atoms with Crippen LogP contribution in [-0.2, 0) is 6.42 Å². The van der Waals surface area contributed by atoms with Gasteiger partial charge in [0.1, 0.15) is 5.82 Å². The summed E-state index contributed by atoms with van der Waals surface area (Å²) >= 11 is 0. The van der Waals surface area contributed by atoms with Crippen molar-refractivity contribution < 1.29 is 4.39 Å². The van der Waals surface area contributed by atoms with Gasteiger partial charge >= 0.3 is 0 Å². The number of nitrogens with two attached hydrogens (primary N) is 1.